The Morgan fingerprint density at radius 2 is 1.95 bits per heavy atom. The minimum atomic E-state index is 0.205. The van der Waals surface area contributed by atoms with Gasteiger partial charge in [0.05, 0.1) is 7.11 Å². The molecule has 19 heavy (non-hydrogen) atoms. The highest BCUT2D eigenvalue weighted by atomic mass is 16.5. The van der Waals surface area contributed by atoms with Crippen LogP contribution in [-0.4, -0.2) is 38.2 Å². The highest BCUT2D eigenvalue weighted by molar-refractivity contribution is 5.36. The third-order valence-electron chi connectivity index (χ3n) is 4.22. The van der Waals surface area contributed by atoms with E-state index in [1.54, 1.807) is 7.11 Å². The molecule has 0 radical (unpaired) electrons. The molecule has 1 rings (SSSR count). The van der Waals surface area contributed by atoms with Crippen molar-refractivity contribution in [2.75, 3.05) is 27.7 Å². The molecule has 0 spiro atoms. The molecule has 3 nitrogen and oxygen atoms in total. The molecule has 0 aliphatic carbocycles. The maximum absolute atomic E-state index is 5.46. The van der Waals surface area contributed by atoms with Gasteiger partial charge in [-0.3, -0.25) is 4.90 Å². The smallest absolute Gasteiger partial charge is 0.123 e. The Bertz CT molecular complexity index is 390. The first kappa shape index (κ1) is 16.0. The molecule has 0 bridgehead atoms. The minimum Gasteiger partial charge on any atom is -0.496 e. The van der Waals surface area contributed by atoms with Gasteiger partial charge in [0.1, 0.15) is 5.75 Å². The van der Waals surface area contributed by atoms with E-state index >= 15 is 0 Å². The standard InChI is InChI=1S/C16H28N2O/c1-7-16(2,3)18(5)12-14(17-4)13-10-8-9-11-15(13)19-6/h8-11,14,17H,7,12H2,1-6H3. The van der Waals surface area contributed by atoms with E-state index in [-0.39, 0.29) is 11.6 Å². The second-order valence-electron chi connectivity index (χ2n) is 5.63. The van der Waals surface area contributed by atoms with Gasteiger partial charge in [-0.25, -0.2) is 0 Å². The van der Waals surface area contributed by atoms with Crippen LogP contribution in [0.15, 0.2) is 24.3 Å². The SMILES string of the molecule is CCC(C)(C)N(C)CC(NC)c1ccccc1OC. The molecule has 0 fully saturated rings. The summed E-state index contributed by atoms with van der Waals surface area (Å²) in [4.78, 5) is 2.40. The van der Waals surface area contributed by atoms with Crippen molar-refractivity contribution < 1.29 is 4.74 Å². The molecule has 0 amide bonds. The van der Waals surface area contributed by atoms with E-state index in [0.717, 1.165) is 18.7 Å². The lowest BCUT2D eigenvalue weighted by atomic mass is 9.97. The fourth-order valence-corrected chi connectivity index (χ4v) is 2.09. The number of nitrogens with zero attached hydrogens (tertiary/aromatic N) is 1. The lowest BCUT2D eigenvalue weighted by Gasteiger charge is -2.37. The number of nitrogens with one attached hydrogen (secondary N) is 1. The van der Waals surface area contributed by atoms with Crippen LogP contribution in [0.5, 0.6) is 5.75 Å². The molecule has 0 aliphatic heterocycles. The number of hydrogen-bond acceptors (Lipinski definition) is 3. The molecule has 1 N–H and O–H groups in total. The van der Waals surface area contributed by atoms with Gasteiger partial charge in [-0.1, -0.05) is 25.1 Å². The van der Waals surface area contributed by atoms with Crippen molar-refractivity contribution in [2.45, 2.75) is 38.8 Å². The van der Waals surface area contributed by atoms with Gasteiger partial charge in [0.15, 0.2) is 0 Å². The molecule has 0 heterocycles. The lowest BCUT2D eigenvalue weighted by Crippen LogP contribution is -2.44. The van der Waals surface area contributed by atoms with E-state index in [9.17, 15) is 0 Å². The van der Waals surface area contributed by atoms with Gasteiger partial charge in [0, 0.05) is 23.7 Å². The summed E-state index contributed by atoms with van der Waals surface area (Å²) in [5.41, 5.74) is 1.42. The van der Waals surface area contributed by atoms with Crippen LogP contribution in [0.25, 0.3) is 0 Å². The van der Waals surface area contributed by atoms with E-state index in [1.165, 1.54) is 5.56 Å². The molecular weight excluding hydrogens is 236 g/mol. The van der Waals surface area contributed by atoms with Crippen molar-refractivity contribution in [3.05, 3.63) is 29.8 Å². The summed E-state index contributed by atoms with van der Waals surface area (Å²) in [5.74, 6) is 0.949. The number of benzene rings is 1. The van der Waals surface area contributed by atoms with Gasteiger partial charge in [0.25, 0.3) is 0 Å². The van der Waals surface area contributed by atoms with Gasteiger partial charge in [-0.05, 0) is 40.4 Å². The normalized spacial score (nSPS) is 13.6. The highest BCUT2D eigenvalue weighted by Crippen LogP contribution is 2.27. The largest absolute Gasteiger partial charge is 0.496 e. The fourth-order valence-electron chi connectivity index (χ4n) is 2.09. The Morgan fingerprint density at radius 3 is 2.47 bits per heavy atom. The molecule has 0 saturated heterocycles. The maximum Gasteiger partial charge on any atom is 0.123 e. The summed E-state index contributed by atoms with van der Waals surface area (Å²) in [6, 6.07) is 8.49. The molecule has 0 aromatic heterocycles. The molecule has 1 atom stereocenters. The average molecular weight is 264 g/mol. The number of para-hydroxylation sites is 1. The molecule has 3 heteroatoms. The van der Waals surface area contributed by atoms with Crippen molar-refractivity contribution >= 4 is 0 Å². The first-order valence-electron chi connectivity index (χ1n) is 6.97. The van der Waals surface area contributed by atoms with Crippen LogP contribution >= 0.6 is 0 Å². The average Bonchev–Trinajstić information content (AvgIpc) is 2.44. The summed E-state index contributed by atoms with van der Waals surface area (Å²) >= 11 is 0. The number of rotatable bonds is 7. The number of methoxy groups -OCH3 is 1. The zero-order valence-electron chi connectivity index (χ0n) is 13.2. The molecule has 1 aromatic carbocycles. The van der Waals surface area contributed by atoms with Crippen molar-refractivity contribution in [3.63, 3.8) is 0 Å². The van der Waals surface area contributed by atoms with Crippen LogP contribution < -0.4 is 10.1 Å². The van der Waals surface area contributed by atoms with Crippen LogP contribution in [0.4, 0.5) is 0 Å². The molecule has 108 valence electrons. The third kappa shape index (κ3) is 3.95. The van der Waals surface area contributed by atoms with Crippen molar-refractivity contribution in [1.29, 1.82) is 0 Å². The summed E-state index contributed by atoms with van der Waals surface area (Å²) in [5, 5.41) is 3.40. The Labute approximate surface area is 118 Å². The van der Waals surface area contributed by atoms with Gasteiger partial charge >= 0.3 is 0 Å². The summed E-state index contributed by atoms with van der Waals surface area (Å²) in [6.45, 7) is 7.75. The zero-order valence-corrected chi connectivity index (χ0v) is 13.2. The first-order valence-corrected chi connectivity index (χ1v) is 6.97. The van der Waals surface area contributed by atoms with Crippen LogP contribution in [0, 0.1) is 0 Å². The predicted octanol–water partition coefficient (Wildman–Crippen LogP) is 3.08. The quantitative estimate of drug-likeness (QED) is 0.819. The minimum absolute atomic E-state index is 0.205. The van der Waals surface area contributed by atoms with Gasteiger partial charge < -0.3 is 10.1 Å². The summed E-state index contributed by atoms with van der Waals surface area (Å²) in [6.07, 6.45) is 1.13. The van der Waals surface area contributed by atoms with Crippen LogP contribution in [0.2, 0.25) is 0 Å². The molecule has 1 unspecified atom stereocenters. The van der Waals surface area contributed by atoms with E-state index in [1.807, 2.05) is 19.2 Å². The van der Waals surface area contributed by atoms with Gasteiger partial charge in [-0.2, -0.15) is 0 Å². The second-order valence-corrected chi connectivity index (χ2v) is 5.63. The molecule has 0 saturated carbocycles. The maximum atomic E-state index is 5.46. The van der Waals surface area contributed by atoms with E-state index in [4.69, 9.17) is 4.74 Å². The van der Waals surface area contributed by atoms with Crippen molar-refractivity contribution in [3.8, 4) is 5.75 Å². The second kappa shape index (κ2) is 6.92. The summed E-state index contributed by atoms with van der Waals surface area (Å²) < 4.78 is 5.46. The number of hydrogen-bond donors (Lipinski definition) is 1. The molecular formula is C16H28N2O. The van der Waals surface area contributed by atoms with Crippen molar-refractivity contribution in [2.24, 2.45) is 0 Å². The van der Waals surface area contributed by atoms with E-state index in [2.05, 4.69) is 50.2 Å². The lowest BCUT2D eigenvalue weighted by molar-refractivity contribution is 0.136. The van der Waals surface area contributed by atoms with Gasteiger partial charge in [-0.15, -0.1) is 0 Å². The third-order valence-corrected chi connectivity index (χ3v) is 4.22. The van der Waals surface area contributed by atoms with E-state index in [0.29, 0.717) is 0 Å². The highest BCUT2D eigenvalue weighted by Gasteiger charge is 2.25. The van der Waals surface area contributed by atoms with E-state index < -0.39 is 0 Å². The van der Waals surface area contributed by atoms with Crippen LogP contribution in [-0.2, 0) is 0 Å². The summed E-state index contributed by atoms with van der Waals surface area (Å²) in [7, 11) is 5.92. The van der Waals surface area contributed by atoms with Crippen LogP contribution in [0.3, 0.4) is 0 Å². The monoisotopic (exact) mass is 264 g/mol. The molecule has 0 aliphatic rings. The molecule has 1 aromatic rings. The number of ether oxygens (including phenoxy) is 1. The number of likely N-dealkylation sites (N-methyl/N-ethyl adjacent to an activating group) is 2. The topological polar surface area (TPSA) is 24.5 Å². The Kier molecular flexibility index (Phi) is 5.83. The first-order chi connectivity index (χ1) is 8.96. The Morgan fingerprint density at radius 1 is 1.32 bits per heavy atom. The predicted molar refractivity (Wildman–Crippen MR) is 81.8 cm³/mol. The Hall–Kier alpha value is -1.06. The fraction of sp³-hybridized carbons (Fsp3) is 0.625. The van der Waals surface area contributed by atoms with Crippen molar-refractivity contribution in [1.82, 2.24) is 10.2 Å². The zero-order chi connectivity index (χ0) is 14.5. The Balaban J connectivity index is 2.89. The van der Waals surface area contributed by atoms with Crippen LogP contribution in [0.1, 0.15) is 38.8 Å². The van der Waals surface area contributed by atoms with Gasteiger partial charge in [0.2, 0.25) is 0 Å².